The van der Waals surface area contributed by atoms with Gasteiger partial charge in [-0.25, -0.2) is 13.9 Å². The van der Waals surface area contributed by atoms with Crippen LogP contribution in [0.25, 0.3) is 0 Å². The van der Waals surface area contributed by atoms with Crippen molar-refractivity contribution in [2.24, 2.45) is 0 Å². The van der Waals surface area contributed by atoms with Crippen molar-refractivity contribution in [3.8, 4) is 0 Å². The third-order valence-electron chi connectivity index (χ3n) is 4.23. The first kappa shape index (κ1) is 18.8. The van der Waals surface area contributed by atoms with Gasteiger partial charge in [0.1, 0.15) is 0 Å². The molecule has 1 heterocycles. The fraction of sp³-hybridized carbons (Fsp3) is 0.278. The fourth-order valence-corrected chi connectivity index (χ4v) is 4.50. The topological polar surface area (TPSA) is 75.7 Å². The highest BCUT2D eigenvalue weighted by molar-refractivity contribution is 7.89. The minimum atomic E-state index is -3.74. The quantitative estimate of drug-likeness (QED) is 0.791. The first-order valence-corrected chi connectivity index (χ1v) is 10.0. The van der Waals surface area contributed by atoms with Gasteiger partial charge in [0.2, 0.25) is 10.0 Å². The van der Waals surface area contributed by atoms with Crippen molar-refractivity contribution in [1.82, 2.24) is 9.79 Å². The molecule has 26 heavy (non-hydrogen) atoms. The zero-order valence-electron chi connectivity index (χ0n) is 14.2. The van der Waals surface area contributed by atoms with Crippen molar-refractivity contribution >= 4 is 27.5 Å². The van der Waals surface area contributed by atoms with E-state index in [2.05, 4.69) is 5.48 Å². The SMILES string of the molecule is CCONC(=O)c1cc(S(=O)(=O)N2CCc3ccccc3C2)ccc1Cl. The van der Waals surface area contributed by atoms with Gasteiger partial charge in [-0.15, -0.1) is 0 Å². The summed E-state index contributed by atoms with van der Waals surface area (Å²) in [6.45, 7) is 2.70. The average Bonchev–Trinajstić information content (AvgIpc) is 2.65. The molecule has 1 aliphatic heterocycles. The summed E-state index contributed by atoms with van der Waals surface area (Å²) in [5.74, 6) is -0.585. The lowest BCUT2D eigenvalue weighted by molar-refractivity contribution is 0.0364. The first-order chi connectivity index (χ1) is 12.4. The van der Waals surface area contributed by atoms with Gasteiger partial charge in [0.15, 0.2) is 0 Å². The molecule has 0 saturated heterocycles. The maximum atomic E-state index is 13.0. The summed E-state index contributed by atoms with van der Waals surface area (Å²) in [6, 6.07) is 11.9. The second kappa shape index (κ2) is 7.75. The van der Waals surface area contributed by atoms with Gasteiger partial charge in [-0.3, -0.25) is 9.63 Å². The number of fused-ring (bicyclic) bond motifs is 1. The maximum absolute atomic E-state index is 13.0. The molecule has 0 fully saturated rings. The molecule has 0 aromatic heterocycles. The van der Waals surface area contributed by atoms with Crippen LogP contribution in [0.3, 0.4) is 0 Å². The third kappa shape index (κ3) is 3.76. The van der Waals surface area contributed by atoms with Crippen molar-refractivity contribution in [3.63, 3.8) is 0 Å². The monoisotopic (exact) mass is 394 g/mol. The number of nitrogens with one attached hydrogen (secondary N) is 1. The van der Waals surface area contributed by atoms with Crippen LogP contribution in [0.1, 0.15) is 28.4 Å². The zero-order valence-corrected chi connectivity index (χ0v) is 15.8. The minimum absolute atomic E-state index is 0.0305. The van der Waals surface area contributed by atoms with Crippen molar-refractivity contribution in [1.29, 1.82) is 0 Å². The smallest absolute Gasteiger partial charge is 0.274 e. The first-order valence-electron chi connectivity index (χ1n) is 8.22. The molecule has 0 unspecified atom stereocenters. The lowest BCUT2D eigenvalue weighted by Gasteiger charge is -2.28. The summed E-state index contributed by atoms with van der Waals surface area (Å²) in [7, 11) is -3.74. The number of hydroxylamine groups is 1. The van der Waals surface area contributed by atoms with Crippen LogP contribution in [0.4, 0.5) is 0 Å². The number of hydrogen-bond donors (Lipinski definition) is 1. The molecule has 3 rings (SSSR count). The summed E-state index contributed by atoms with van der Waals surface area (Å²) in [6.07, 6.45) is 0.653. The highest BCUT2D eigenvalue weighted by Gasteiger charge is 2.29. The highest BCUT2D eigenvalue weighted by Crippen LogP contribution is 2.27. The Morgan fingerprint density at radius 3 is 2.69 bits per heavy atom. The molecule has 1 N–H and O–H groups in total. The number of carbonyl (C=O) groups excluding carboxylic acids is 1. The molecule has 6 nitrogen and oxygen atoms in total. The molecule has 8 heteroatoms. The predicted octanol–water partition coefficient (Wildman–Crippen LogP) is 2.77. The van der Waals surface area contributed by atoms with Gasteiger partial charge in [-0.1, -0.05) is 35.9 Å². The Morgan fingerprint density at radius 2 is 1.96 bits per heavy atom. The number of sulfonamides is 1. The number of rotatable bonds is 5. The summed E-state index contributed by atoms with van der Waals surface area (Å²) < 4.78 is 27.5. The molecular formula is C18H19ClN2O4S. The normalized spacial score (nSPS) is 14.7. The highest BCUT2D eigenvalue weighted by atomic mass is 35.5. The molecule has 0 spiro atoms. The molecule has 0 saturated carbocycles. The van der Waals surface area contributed by atoms with Crippen molar-refractivity contribution in [2.75, 3.05) is 13.2 Å². The number of carbonyl (C=O) groups is 1. The molecular weight excluding hydrogens is 376 g/mol. The Bertz CT molecular complexity index is 931. The Labute approximate surface area is 157 Å². The molecule has 2 aromatic rings. The van der Waals surface area contributed by atoms with Crippen molar-refractivity contribution in [2.45, 2.75) is 24.8 Å². The molecule has 2 aromatic carbocycles. The summed E-state index contributed by atoms with van der Waals surface area (Å²) in [5.41, 5.74) is 4.43. The standard InChI is InChI=1S/C18H19ClN2O4S/c1-2-25-20-18(22)16-11-15(7-8-17(16)19)26(23,24)21-10-9-13-5-3-4-6-14(13)12-21/h3-8,11H,2,9-10,12H2,1H3,(H,20,22). The number of amides is 1. The van der Waals surface area contributed by atoms with Gasteiger partial charge >= 0.3 is 0 Å². The lowest BCUT2D eigenvalue weighted by Crippen LogP contribution is -2.36. The van der Waals surface area contributed by atoms with E-state index in [1.165, 1.54) is 22.5 Å². The second-order valence-electron chi connectivity index (χ2n) is 5.86. The summed E-state index contributed by atoms with van der Waals surface area (Å²) in [5, 5.41) is 0.158. The number of halogens is 1. The van der Waals surface area contributed by atoms with Crippen LogP contribution in [-0.4, -0.2) is 31.8 Å². The van der Waals surface area contributed by atoms with E-state index >= 15 is 0 Å². The van der Waals surface area contributed by atoms with E-state index < -0.39 is 15.9 Å². The molecule has 0 radical (unpaired) electrons. The molecule has 0 bridgehead atoms. The molecule has 138 valence electrons. The number of benzene rings is 2. The van der Waals surface area contributed by atoms with Crippen molar-refractivity contribution < 1.29 is 18.0 Å². The van der Waals surface area contributed by atoms with Crippen LogP contribution >= 0.6 is 11.6 Å². The van der Waals surface area contributed by atoms with E-state index in [0.29, 0.717) is 19.5 Å². The van der Waals surface area contributed by atoms with E-state index in [0.717, 1.165) is 11.1 Å². The Kier molecular flexibility index (Phi) is 5.62. The Hall–Kier alpha value is -1.93. The van der Waals surface area contributed by atoms with E-state index in [9.17, 15) is 13.2 Å². The predicted molar refractivity (Wildman–Crippen MR) is 98.3 cm³/mol. The Morgan fingerprint density at radius 1 is 1.23 bits per heavy atom. The summed E-state index contributed by atoms with van der Waals surface area (Å²) in [4.78, 5) is 17.0. The van der Waals surface area contributed by atoms with E-state index in [1.807, 2.05) is 24.3 Å². The maximum Gasteiger partial charge on any atom is 0.276 e. The van der Waals surface area contributed by atoms with Gasteiger partial charge in [0, 0.05) is 13.1 Å². The summed E-state index contributed by atoms with van der Waals surface area (Å²) >= 11 is 6.05. The fourth-order valence-electron chi connectivity index (χ4n) is 2.86. The van der Waals surface area contributed by atoms with Gasteiger partial charge in [0.05, 0.1) is 22.1 Å². The van der Waals surface area contributed by atoms with E-state index in [-0.39, 0.29) is 22.1 Å². The van der Waals surface area contributed by atoms with Gasteiger partial charge in [-0.05, 0) is 42.7 Å². The Balaban J connectivity index is 1.89. The molecule has 1 aliphatic rings. The van der Waals surface area contributed by atoms with Gasteiger partial charge in [-0.2, -0.15) is 4.31 Å². The van der Waals surface area contributed by atoms with E-state index in [1.54, 1.807) is 6.92 Å². The lowest BCUT2D eigenvalue weighted by atomic mass is 10.0. The third-order valence-corrected chi connectivity index (χ3v) is 6.40. The number of hydrogen-bond acceptors (Lipinski definition) is 4. The van der Waals surface area contributed by atoms with Gasteiger partial charge < -0.3 is 0 Å². The van der Waals surface area contributed by atoms with Crippen molar-refractivity contribution in [3.05, 3.63) is 64.2 Å². The number of nitrogens with zero attached hydrogens (tertiary/aromatic N) is 1. The van der Waals surface area contributed by atoms with Crippen LogP contribution in [0.15, 0.2) is 47.4 Å². The largest absolute Gasteiger partial charge is 0.276 e. The van der Waals surface area contributed by atoms with Crippen LogP contribution in [-0.2, 0) is 27.8 Å². The van der Waals surface area contributed by atoms with E-state index in [4.69, 9.17) is 16.4 Å². The zero-order chi connectivity index (χ0) is 18.7. The molecule has 0 atom stereocenters. The molecule has 0 aliphatic carbocycles. The van der Waals surface area contributed by atoms with Crippen LogP contribution < -0.4 is 5.48 Å². The van der Waals surface area contributed by atoms with Gasteiger partial charge in [0.25, 0.3) is 5.91 Å². The minimum Gasteiger partial charge on any atom is -0.274 e. The molecule has 1 amide bonds. The average molecular weight is 395 g/mol. The van der Waals surface area contributed by atoms with Crippen LogP contribution in [0.5, 0.6) is 0 Å². The second-order valence-corrected chi connectivity index (χ2v) is 8.21. The van der Waals surface area contributed by atoms with Crippen LogP contribution in [0.2, 0.25) is 5.02 Å². The van der Waals surface area contributed by atoms with Crippen LogP contribution in [0, 0.1) is 0 Å².